The van der Waals surface area contributed by atoms with Crippen LogP contribution in [0.15, 0.2) is 36.7 Å². The zero-order chi connectivity index (χ0) is 15.6. The lowest BCUT2D eigenvalue weighted by Crippen LogP contribution is -2.16. The van der Waals surface area contributed by atoms with Gasteiger partial charge in [-0.3, -0.25) is 9.78 Å². The molecule has 0 aliphatic carbocycles. The summed E-state index contributed by atoms with van der Waals surface area (Å²) in [6.07, 6.45) is -2.14. The topological polar surface area (TPSA) is 68.0 Å². The van der Waals surface area contributed by atoms with Crippen LogP contribution in [0.25, 0.3) is 0 Å². The van der Waals surface area contributed by atoms with E-state index in [0.29, 0.717) is 18.2 Å². The van der Waals surface area contributed by atoms with Gasteiger partial charge in [-0.15, -0.1) is 0 Å². The highest BCUT2D eigenvalue weighted by Crippen LogP contribution is 2.32. The number of halogens is 4. The third kappa shape index (κ3) is 3.28. The second-order valence-electron chi connectivity index (χ2n) is 4.11. The van der Waals surface area contributed by atoms with Crippen LogP contribution in [0.4, 0.5) is 28.9 Å². The molecule has 0 radical (unpaired) electrons. The van der Waals surface area contributed by atoms with E-state index in [9.17, 15) is 22.4 Å². The molecule has 1 aromatic carbocycles. The van der Waals surface area contributed by atoms with Gasteiger partial charge in [0.2, 0.25) is 0 Å². The normalized spacial score (nSPS) is 11.2. The van der Waals surface area contributed by atoms with Crippen molar-refractivity contribution in [2.45, 2.75) is 6.18 Å². The van der Waals surface area contributed by atoms with Crippen LogP contribution in [0.2, 0.25) is 0 Å². The van der Waals surface area contributed by atoms with Crippen LogP contribution in [0.5, 0.6) is 0 Å². The van der Waals surface area contributed by atoms with E-state index in [-0.39, 0.29) is 11.3 Å². The van der Waals surface area contributed by atoms with E-state index in [0.717, 1.165) is 0 Å². The summed E-state index contributed by atoms with van der Waals surface area (Å²) in [5, 5.41) is 2.06. The minimum Gasteiger partial charge on any atom is -0.397 e. The number of aromatic nitrogens is 1. The maximum absolute atomic E-state index is 13.5. The monoisotopic (exact) mass is 299 g/mol. The lowest BCUT2D eigenvalue weighted by molar-refractivity contribution is -0.137. The van der Waals surface area contributed by atoms with Crippen LogP contribution < -0.4 is 11.1 Å². The van der Waals surface area contributed by atoms with Crippen molar-refractivity contribution >= 4 is 17.3 Å². The van der Waals surface area contributed by atoms with Crippen molar-refractivity contribution in [3.8, 4) is 0 Å². The molecular weight excluding hydrogens is 290 g/mol. The van der Waals surface area contributed by atoms with E-state index in [1.807, 2.05) is 0 Å². The maximum atomic E-state index is 13.5. The summed E-state index contributed by atoms with van der Waals surface area (Å²) >= 11 is 0. The average molecular weight is 299 g/mol. The zero-order valence-electron chi connectivity index (χ0n) is 10.4. The summed E-state index contributed by atoms with van der Waals surface area (Å²) in [6.45, 7) is 0. The first-order valence-electron chi connectivity index (χ1n) is 5.66. The van der Waals surface area contributed by atoms with Gasteiger partial charge in [-0.05, 0) is 24.3 Å². The highest BCUT2D eigenvalue weighted by Gasteiger charge is 2.31. The standard InChI is InChI=1S/C13H9F4N3O/c14-9-2-1-7(13(15,16)17)5-11(9)20-12(21)8-3-4-19-6-10(8)18/h1-6H,18H2,(H,20,21). The van der Waals surface area contributed by atoms with E-state index in [1.54, 1.807) is 0 Å². The van der Waals surface area contributed by atoms with Gasteiger partial charge in [-0.1, -0.05) is 0 Å². The Labute approximate surface area is 116 Å². The summed E-state index contributed by atoms with van der Waals surface area (Å²) in [5.74, 6) is -1.81. The number of carbonyl (C=O) groups excluding carboxylic acids is 1. The van der Waals surface area contributed by atoms with Crippen LogP contribution in [0.3, 0.4) is 0 Å². The minimum atomic E-state index is -4.64. The number of nitrogens with zero attached hydrogens (tertiary/aromatic N) is 1. The Morgan fingerprint density at radius 1 is 1.24 bits per heavy atom. The lowest BCUT2D eigenvalue weighted by Gasteiger charge is -2.11. The number of nitrogens with one attached hydrogen (secondary N) is 1. The number of nitrogen functional groups attached to an aromatic ring is 1. The van der Waals surface area contributed by atoms with Crippen LogP contribution in [0, 0.1) is 5.82 Å². The number of hydrogen-bond acceptors (Lipinski definition) is 3. The molecular formula is C13H9F4N3O. The Morgan fingerprint density at radius 2 is 1.95 bits per heavy atom. The quantitative estimate of drug-likeness (QED) is 0.837. The number of amides is 1. The number of anilines is 2. The third-order valence-corrected chi connectivity index (χ3v) is 2.64. The van der Waals surface area contributed by atoms with Crippen molar-refractivity contribution in [1.82, 2.24) is 4.98 Å². The summed E-state index contributed by atoms with van der Waals surface area (Å²) < 4.78 is 51.2. The summed E-state index contributed by atoms with van der Waals surface area (Å²) in [4.78, 5) is 15.6. The fraction of sp³-hybridized carbons (Fsp3) is 0.0769. The Hall–Kier alpha value is -2.64. The molecule has 8 heteroatoms. The molecule has 1 amide bonds. The Kier molecular flexibility index (Phi) is 3.79. The molecule has 0 saturated carbocycles. The first-order chi connectivity index (χ1) is 9.79. The van der Waals surface area contributed by atoms with Crippen molar-refractivity contribution in [2.75, 3.05) is 11.1 Å². The molecule has 21 heavy (non-hydrogen) atoms. The molecule has 0 fully saturated rings. The van der Waals surface area contributed by atoms with Crippen molar-refractivity contribution < 1.29 is 22.4 Å². The van der Waals surface area contributed by atoms with Gasteiger partial charge in [0.15, 0.2) is 0 Å². The van der Waals surface area contributed by atoms with Gasteiger partial charge in [-0.25, -0.2) is 4.39 Å². The highest BCUT2D eigenvalue weighted by molar-refractivity contribution is 6.07. The van der Waals surface area contributed by atoms with Crippen LogP contribution in [0.1, 0.15) is 15.9 Å². The minimum absolute atomic E-state index is 0.0122. The van der Waals surface area contributed by atoms with Gasteiger partial charge in [0.1, 0.15) is 5.82 Å². The predicted octanol–water partition coefficient (Wildman–Crippen LogP) is 3.07. The van der Waals surface area contributed by atoms with Crippen LogP contribution >= 0.6 is 0 Å². The van der Waals surface area contributed by atoms with Crippen LogP contribution in [-0.2, 0) is 6.18 Å². The van der Waals surface area contributed by atoms with Gasteiger partial charge < -0.3 is 11.1 Å². The number of nitrogens with two attached hydrogens (primary N) is 1. The fourth-order valence-electron chi connectivity index (χ4n) is 1.60. The third-order valence-electron chi connectivity index (χ3n) is 2.64. The maximum Gasteiger partial charge on any atom is 0.416 e. The number of benzene rings is 1. The Morgan fingerprint density at radius 3 is 2.57 bits per heavy atom. The lowest BCUT2D eigenvalue weighted by atomic mass is 10.1. The number of hydrogen-bond donors (Lipinski definition) is 2. The van der Waals surface area contributed by atoms with E-state index in [2.05, 4.69) is 10.3 Å². The van der Waals surface area contributed by atoms with Crippen molar-refractivity contribution in [2.24, 2.45) is 0 Å². The molecule has 0 aliphatic heterocycles. The number of carbonyl (C=O) groups is 1. The first kappa shape index (κ1) is 14.8. The summed E-state index contributed by atoms with van der Waals surface area (Å²) in [6, 6.07) is 3.01. The molecule has 3 N–H and O–H groups in total. The second-order valence-corrected chi connectivity index (χ2v) is 4.11. The molecule has 0 saturated heterocycles. The molecule has 1 aromatic heterocycles. The van der Waals surface area contributed by atoms with Gasteiger partial charge in [-0.2, -0.15) is 13.2 Å². The van der Waals surface area contributed by atoms with Gasteiger partial charge in [0.25, 0.3) is 5.91 Å². The average Bonchev–Trinajstić information content (AvgIpc) is 2.40. The highest BCUT2D eigenvalue weighted by atomic mass is 19.4. The second kappa shape index (κ2) is 5.39. The number of pyridine rings is 1. The largest absolute Gasteiger partial charge is 0.416 e. The van der Waals surface area contributed by atoms with Gasteiger partial charge in [0.05, 0.1) is 28.7 Å². The van der Waals surface area contributed by atoms with E-state index in [1.165, 1.54) is 18.5 Å². The molecule has 110 valence electrons. The SMILES string of the molecule is Nc1cnccc1C(=O)Nc1cc(C(F)(F)F)ccc1F. The van der Waals surface area contributed by atoms with E-state index in [4.69, 9.17) is 5.73 Å². The van der Waals surface area contributed by atoms with Gasteiger partial charge in [0, 0.05) is 6.20 Å². The predicted molar refractivity (Wildman–Crippen MR) is 68.0 cm³/mol. The molecule has 0 aliphatic rings. The van der Waals surface area contributed by atoms with Crippen LogP contribution in [-0.4, -0.2) is 10.9 Å². The molecule has 2 rings (SSSR count). The molecule has 0 spiro atoms. The van der Waals surface area contributed by atoms with Crippen molar-refractivity contribution in [1.29, 1.82) is 0 Å². The van der Waals surface area contributed by atoms with E-state index >= 15 is 0 Å². The van der Waals surface area contributed by atoms with Crippen molar-refractivity contribution in [3.63, 3.8) is 0 Å². The first-order valence-corrected chi connectivity index (χ1v) is 5.66. The molecule has 1 heterocycles. The fourth-order valence-corrected chi connectivity index (χ4v) is 1.60. The number of alkyl halides is 3. The molecule has 0 bridgehead atoms. The molecule has 2 aromatic rings. The van der Waals surface area contributed by atoms with Gasteiger partial charge >= 0.3 is 6.18 Å². The number of rotatable bonds is 2. The molecule has 0 unspecified atom stereocenters. The summed E-state index contributed by atoms with van der Waals surface area (Å²) in [5.41, 5.74) is 3.89. The zero-order valence-corrected chi connectivity index (χ0v) is 10.4. The van der Waals surface area contributed by atoms with Crippen molar-refractivity contribution in [3.05, 3.63) is 53.6 Å². The molecule has 0 atom stereocenters. The summed E-state index contributed by atoms with van der Waals surface area (Å²) in [7, 11) is 0. The Balaban J connectivity index is 2.31. The Bertz CT molecular complexity index is 685. The smallest absolute Gasteiger partial charge is 0.397 e. The van der Waals surface area contributed by atoms with E-state index < -0.39 is 29.2 Å². The molecule has 4 nitrogen and oxygen atoms in total.